The van der Waals surface area contributed by atoms with Crippen LogP contribution in [0.15, 0.2) is 42.5 Å². The van der Waals surface area contributed by atoms with Gasteiger partial charge in [-0.05, 0) is 30.5 Å². The minimum atomic E-state index is 0.0279. The van der Waals surface area contributed by atoms with E-state index in [0.717, 1.165) is 30.6 Å². The third-order valence-electron chi connectivity index (χ3n) is 4.81. The molecule has 2 amide bonds. The Hall–Kier alpha value is -2.56. The fourth-order valence-corrected chi connectivity index (χ4v) is 3.40. The summed E-state index contributed by atoms with van der Waals surface area (Å²) in [6.45, 7) is 3.16. The number of piperidine rings is 1. The molecule has 1 aliphatic rings. The van der Waals surface area contributed by atoms with Crippen molar-refractivity contribution in [3.05, 3.63) is 48.2 Å². The van der Waals surface area contributed by atoms with Crippen molar-refractivity contribution in [3.8, 4) is 11.3 Å². The van der Waals surface area contributed by atoms with Crippen LogP contribution < -0.4 is 5.32 Å². The van der Waals surface area contributed by atoms with Gasteiger partial charge in [-0.2, -0.15) is 0 Å². The highest BCUT2D eigenvalue weighted by Crippen LogP contribution is 2.23. The van der Waals surface area contributed by atoms with E-state index in [9.17, 15) is 9.59 Å². The van der Waals surface area contributed by atoms with Gasteiger partial charge in [-0.15, -0.1) is 0 Å². The van der Waals surface area contributed by atoms with Crippen LogP contribution in [0.4, 0.5) is 0 Å². The van der Waals surface area contributed by atoms with Crippen molar-refractivity contribution >= 4 is 11.8 Å². The number of carbonyl (C=O) groups is 2. The number of carbonyl (C=O) groups excluding carboxylic acids is 2. The van der Waals surface area contributed by atoms with E-state index in [-0.39, 0.29) is 17.9 Å². The van der Waals surface area contributed by atoms with Gasteiger partial charge >= 0.3 is 0 Å². The van der Waals surface area contributed by atoms with E-state index in [1.165, 1.54) is 0 Å². The largest absolute Gasteiger partial charge is 0.352 e. The number of amides is 2. The number of hydrogen-bond acceptors (Lipinski definition) is 2. The molecule has 0 radical (unpaired) electrons. The number of likely N-dealkylation sites (tertiary alicyclic amines) is 1. The molecular formula is C20H25N3O2. The fourth-order valence-electron chi connectivity index (χ4n) is 3.40. The third kappa shape index (κ3) is 3.76. The summed E-state index contributed by atoms with van der Waals surface area (Å²) >= 11 is 0. The SMILES string of the molecule is CCC(=O)NC1CCCN(C(=O)c2ccc(-c3ccccc3)n2C)C1. The van der Waals surface area contributed by atoms with Crippen molar-refractivity contribution in [2.75, 3.05) is 13.1 Å². The normalized spacial score (nSPS) is 17.4. The molecule has 3 rings (SSSR count). The maximum Gasteiger partial charge on any atom is 0.270 e. The highest BCUT2D eigenvalue weighted by atomic mass is 16.2. The van der Waals surface area contributed by atoms with Gasteiger partial charge in [0.2, 0.25) is 5.91 Å². The first kappa shape index (κ1) is 17.3. The van der Waals surface area contributed by atoms with Crippen molar-refractivity contribution in [2.24, 2.45) is 7.05 Å². The lowest BCUT2D eigenvalue weighted by Crippen LogP contribution is -2.49. The zero-order chi connectivity index (χ0) is 17.8. The molecule has 0 spiro atoms. The van der Waals surface area contributed by atoms with E-state index >= 15 is 0 Å². The van der Waals surface area contributed by atoms with Crippen LogP contribution in [0.25, 0.3) is 11.3 Å². The second-order valence-electron chi connectivity index (χ2n) is 6.54. The Bertz CT molecular complexity index is 752. The van der Waals surface area contributed by atoms with Gasteiger partial charge < -0.3 is 14.8 Å². The third-order valence-corrected chi connectivity index (χ3v) is 4.81. The summed E-state index contributed by atoms with van der Waals surface area (Å²) in [5.74, 6) is 0.0738. The van der Waals surface area contributed by atoms with Crippen LogP contribution in [0.1, 0.15) is 36.7 Å². The minimum Gasteiger partial charge on any atom is -0.352 e. The van der Waals surface area contributed by atoms with E-state index in [1.807, 2.05) is 65.9 Å². The Labute approximate surface area is 148 Å². The van der Waals surface area contributed by atoms with E-state index in [4.69, 9.17) is 0 Å². The lowest BCUT2D eigenvalue weighted by Gasteiger charge is -2.33. The molecule has 0 aliphatic carbocycles. The standard InChI is InChI=1S/C20H25N3O2/c1-3-19(24)21-16-10-7-13-23(14-16)20(25)18-12-11-17(22(18)2)15-8-5-4-6-9-15/h4-6,8-9,11-12,16H,3,7,10,13-14H2,1-2H3,(H,21,24). The van der Waals surface area contributed by atoms with E-state index in [0.29, 0.717) is 18.7 Å². The quantitative estimate of drug-likeness (QED) is 0.931. The van der Waals surface area contributed by atoms with Crippen LogP contribution in [0.2, 0.25) is 0 Å². The van der Waals surface area contributed by atoms with Crippen LogP contribution in [0.5, 0.6) is 0 Å². The van der Waals surface area contributed by atoms with Crippen LogP contribution in [-0.2, 0) is 11.8 Å². The number of rotatable bonds is 4. The number of nitrogens with zero attached hydrogens (tertiary/aromatic N) is 2. The Morgan fingerprint density at radius 3 is 2.64 bits per heavy atom. The maximum absolute atomic E-state index is 13.0. The molecule has 1 aromatic heterocycles. The van der Waals surface area contributed by atoms with E-state index in [2.05, 4.69) is 5.32 Å². The number of benzene rings is 1. The van der Waals surface area contributed by atoms with Gasteiger partial charge in [-0.3, -0.25) is 9.59 Å². The predicted molar refractivity (Wildman–Crippen MR) is 98.2 cm³/mol. The fraction of sp³-hybridized carbons (Fsp3) is 0.400. The van der Waals surface area contributed by atoms with Crippen LogP contribution >= 0.6 is 0 Å². The average Bonchev–Trinajstić information content (AvgIpc) is 3.03. The summed E-state index contributed by atoms with van der Waals surface area (Å²) in [4.78, 5) is 26.4. The zero-order valence-electron chi connectivity index (χ0n) is 14.9. The number of aromatic nitrogens is 1. The molecule has 1 aromatic carbocycles. The van der Waals surface area contributed by atoms with E-state index in [1.54, 1.807) is 0 Å². The zero-order valence-corrected chi connectivity index (χ0v) is 14.9. The van der Waals surface area contributed by atoms with Crippen molar-refractivity contribution in [2.45, 2.75) is 32.2 Å². The van der Waals surface area contributed by atoms with Crippen molar-refractivity contribution in [3.63, 3.8) is 0 Å². The second-order valence-corrected chi connectivity index (χ2v) is 6.54. The van der Waals surface area contributed by atoms with Gasteiger partial charge in [0.25, 0.3) is 5.91 Å². The maximum atomic E-state index is 13.0. The first-order valence-electron chi connectivity index (χ1n) is 8.90. The molecule has 25 heavy (non-hydrogen) atoms. The Balaban J connectivity index is 1.75. The summed E-state index contributed by atoms with van der Waals surface area (Å²) in [5.41, 5.74) is 2.80. The number of hydrogen-bond donors (Lipinski definition) is 1. The first-order valence-corrected chi connectivity index (χ1v) is 8.90. The highest BCUT2D eigenvalue weighted by molar-refractivity contribution is 5.94. The smallest absolute Gasteiger partial charge is 0.270 e. The molecule has 1 atom stereocenters. The summed E-state index contributed by atoms with van der Waals surface area (Å²) in [6.07, 6.45) is 2.32. The molecule has 2 aromatic rings. The summed E-state index contributed by atoms with van der Waals surface area (Å²) in [7, 11) is 1.93. The Kier molecular flexibility index (Phi) is 5.22. The Morgan fingerprint density at radius 2 is 1.92 bits per heavy atom. The molecule has 1 aliphatic heterocycles. The summed E-state index contributed by atoms with van der Waals surface area (Å²) in [6, 6.07) is 14.0. The summed E-state index contributed by atoms with van der Waals surface area (Å²) in [5, 5.41) is 3.01. The molecule has 132 valence electrons. The molecule has 1 N–H and O–H groups in total. The molecule has 2 heterocycles. The van der Waals surface area contributed by atoms with Crippen molar-refractivity contribution < 1.29 is 9.59 Å². The lowest BCUT2D eigenvalue weighted by atomic mass is 10.1. The van der Waals surface area contributed by atoms with Gasteiger partial charge in [0.15, 0.2) is 0 Å². The minimum absolute atomic E-state index is 0.0279. The first-order chi connectivity index (χ1) is 12.1. The monoisotopic (exact) mass is 339 g/mol. The van der Waals surface area contributed by atoms with Gasteiger partial charge in [-0.25, -0.2) is 0 Å². The molecular weight excluding hydrogens is 314 g/mol. The molecule has 0 saturated carbocycles. The highest BCUT2D eigenvalue weighted by Gasteiger charge is 2.27. The summed E-state index contributed by atoms with van der Waals surface area (Å²) < 4.78 is 1.95. The molecule has 5 nitrogen and oxygen atoms in total. The molecule has 1 fully saturated rings. The van der Waals surface area contributed by atoms with Crippen LogP contribution in [0.3, 0.4) is 0 Å². The predicted octanol–water partition coefficient (Wildman–Crippen LogP) is 2.82. The lowest BCUT2D eigenvalue weighted by molar-refractivity contribution is -0.121. The average molecular weight is 339 g/mol. The van der Waals surface area contributed by atoms with Gasteiger partial charge in [-0.1, -0.05) is 37.3 Å². The molecule has 1 saturated heterocycles. The van der Waals surface area contributed by atoms with Crippen molar-refractivity contribution in [1.29, 1.82) is 0 Å². The molecule has 1 unspecified atom stereocenters. The van der Waals surface area contributed by atoms with Crippen molar-refractivity contribution in [1.82, 2.24) is 14.8 Å². The van der Waals surface area contributed by atoms with Crippen LogP contribution in [-0.4, -0.2) is 40.4 Å². The van der Waals surface area contributed by atoms with E-state index < -0.39 is 0 Å². The Morgan fingerprint density at radius 1 is 1.16 bits per heavy atom. The topological polar surface area (TPSA) is 54.3 Å². The van der Waals surface area contributed by atoms with Crippen LogP contribution in [0, 0.1) is 0 Å². The molecule has 0 bridgehead atoms. The van der Waals surface area contributed by atoms with Gasteiger partial charge in [0.1, 0.15) is 5.69 Å². The number of nitrogens with one attached hydrogen (secondary N) is 1. The molecule has 5 heteroatoms. The van der Waals surface area contributed by atoms with Gasteiger partial charge in [0.05, 0.1) is 0 Å². The van der Waals surface area contributed by atoms with Gasteiger partial charge in [0, 0.05) is 38.3 Å². The second kappa shape index (κ2) is 7.55.